The van der Waals surface area contributed by atoms with E-state index in [1.807, 2.05) is 0 Å². The Morgan fingerprint density at radius 3 is 2.77 bits per heavy atom. The van der Waals surface area contributed by atoms with Crippen LogP contribution in [0.25, 0.3) is 0 Å². The molecule has 0 unspecified atom stereocenters. The van der Waals surface area contributed by atoms with Crippen molar-refractivity contribution in [2.75, 3.05) is 19.7 Å². The molecule has 13 heavy (non-hydrogen) atoms. The van der Waals surface area contributed by atoms with Gasteiger partial charge in [-0.3, -0.25) is 14.4 Å². The second-order valence-corrected chi connectivity index (χ2v) is 2.95. The normalized spacial score (nSPS) is 16.8. The molecule has 1 heterocycles. The SMILES string of the molecule is CC(=O)NCC(=O)N1CCCCO1. The zero-order valence-electron chi connectivity index (χ0n) is 7.71. The second-order valence-electron chi connectivity index (χ2n) is 2.95. The molecule has 1 fully saturated rings. The summed E-state index contributed by atoms with van der Waals surface area (Å²) in [6, 6.07) is 0. The summed E-state index contributed by atoms with van der Waals surface area (Å²) >= 11 is 0. The van der Waals surface area contributed by atoms with E-state index in [2.05, 4.69) is 5.32 Å². The molecule has 1 N–H and O–H groups in total. The van der Waals surface area contributed by atoms with Gasteiger partial charge in [0.05, 0.1) is 13.2 Å². The molecule has 2 amide bonds. The minimum atomic E-state index is -0.203. The van der Waals surface area contributed by atoms with Crippen LogP contribution in [0, 0.1) is 0 Å². The minimum Gasteiger partial charge on any atom is -0.347 e. The van der Waals surface area contributed by atoms with Crippen LogP contribution in [0.1, 0.15) is 19.8 Å². The number of nitrogens with zero attached hydrogens (tertiary/aromatic N) is 1. The van der Waals surface area contributed by atoms with Crippen LogP contribution in [0.15, 0.2) is 0 Å². The maximum absolute atomic E-state index is 11.3. The van der Waals surface area contributed by atoms with E-state index in [1.165, 1.54) is 12.0 Å². The fourth-order valence-electron chi connectivity index (χ4n) is 1.08. The first-order valence-electron chi connectivity index (χ1n) is 4.38. The number of amides is 2. The van der Waals surface area contributed by atoms with Crippen molar-refractivity contribution in [1.82, 2.24) is 10.4 Å². The Bertz CT molecular complexity index is 200. The Labute approximate surface area is 77.0 Å². The van der Waals surface area contributed by atoms with E-state index in [9.17, 15) is 9.59 Å². The molecule has 5 nitrogen and oxygen atoms in total. The molecule has 0 radical (unpaired) electrons. The average molecular weight is 186 g/mol. The monoisotopic (exact) mass is 186 g/mol. The van der Waals surface area contributed by atoms with Gasteiger partial charge in [-0.15, -0.1) is 0 Å². The lowest BCUT2D eigenvalue weighted by Gasteiger charge is -2.25. The van der Waals surface area contributed by atoms with E-state index < -0.39 is 0 Å². The molecular weight excluding hydrogens is 172 g/mol. The Morgan fingerprint density at radius 2 is 2.23 bits per heavy atom. The second kappa shape index (κ2) is 4.81. The number of carbonyl (C=O) groups excluding carboxylic acids is 2. The van der Waals surface area contributed by atoms with Crippen LogP contribution in [0.2, 0.25) is 0 Å². The lowest BCUT2D eigenvalue weighted by molar-refractivity contribution is -0.196. The number of rotatable bonds is 2. The summed E-state index contributed by atoms with van der Waals surface area (Å²) in [6.07, 6.45) is 1.95. The zero-order valence-corrected chi connectivity index (χ0v) is 7.71. The molecule has 1 saturated heterocycles. The van der Waals surface area contributed by atoms with Gasteiger partial charge in [0, 0.05) is 13.5 Å². The fraction of sp³-hybridized carbons (Fsp3) is 0.750. The van der Waals surface area contributed by atoms with Gasteiger partial charge in [-0.1, -0.05) is 0 Å². The molecule has 0 aromatic heterocycles. The summed E-state index contributed by atoms with van der Waals surface area (Å²) in [5, 5.41) is 3.75. The van der Waals surface area contributed by atoms with Gasteiger partial charge in [-0.2, -0.15) is 0 Å². The Balaban J connectivity index is 2.25. The van der Waals surface area contributed by atoms with Crippen molar-refractivity contribution in [3.63, 3.8) is 0 Å². The molecule has 5 heteroatoms. The molecule has 0 atom stereocenters. The van der Waals surface area contributed by atoms with Crippen LogP contribution in [-0.2, 0) is 14.4 Å². The molecule has 74 valence electrons. The highest BCUT2D eigenvalue weighted by atomic mass is 16.7. The van der Waals surface area contributed by atoms with Crippen LogP contribution in [0.3, 0.4) is 0 Å². The Kier molecular flexibility index (Phi) is 3.70. The Morgan fingerprint density at radius 1 is 1.46 bits per heavy atom. The van der Waals surface area contributed by atoms with Gasteiger partial charge < -0.3 is 5.32 Å². The van der Waals surface area contributed by atoms with Crippen molar-refractivity contribution < 1.29 is 14.4 Å². The minimum absolute atomic E-state index is 0.0231. The lowest BCUT2D eigenvalue weighted by Crippen LogP contribution is -2.42. The summed E-state index contributed by atoms with van der Waals surface area (Å²) in [4.78, 5) is 26.9. The number of hydroxylamine groups is 2. The van der Waals surface area contributed by atoms with E-state index in [0.29, 0.717) is 13.2 Å². The summed E-state index contributed by atoms with van der Waals surface area (Å²) < 4.78 is 0. The van der Waals surface area contributed by atoms with Crippen LogP contribution < -0.4 is 5.32 Å². The topological polar surface area (TPSA) is 58.6 Å². The molecule has 0 bridgehead atoms. The van der Waals surface area contributed by atoms with Crippen molar-refractivity contribution in [3.8, 4) is 0 Å². The quantitative estimate of drug-likeness (QED) is 0.642. The van der Waals surface area contributed by atoms with E-state index in [4.69, 9.17) is 4.84 Å². The van der Waals surface area contributed by atoms with E-state index in [1.54, 1.807) is 0 Å². The van der Waals surface area contributed by atoms with Gasteiger partial charge in [0.1, 0.15) is 0 Å². The van der Waals surface area contributed by atoms with Crippen LogP contribution >= 0.6 is 0 Å². The van der Waals surface area contributed by atoms with Crippen molar-refractivity contribution in [1.29, 1.82) is 0 Å². The van der Waals surface area contributed by atoms with Crippen LogP contribution in [0.5, 0.6) is 0 Å². The first kappa shape index (κ1) is 9.98. The summed E-state index contributed by atoms with van der Waals surface area (Å²) in [6.45, 7) is 2.61. The third-order valence-electron chi connectivity index (χ3n) is 1.77. The predicted octanol–water partition coefficient (Wildman–Crippen LogP) is -0.324. The maximum Gasteiger partial charge on any atom is 0.265 e. The van der Waals surface area contributed by atoms with Gasteiger partial charge in [-0.05, 0) is 12.8 Å². The predicted molar refractivity (Wildman–Crippen MR) is 45.6 cm³/mol. The van der Waals surface area contributed by atoms with E-state index in [0.717, 1.165) is 12.8 Å². The molecule has 0 spiro atoms. The fourth-order valence-corrected chi connectivity index (χ4v) is 1.08. The smallest absolute Gasteiger partial charge is 0.265 e. The molecule has 1 aliphatic rings. The maximum atomic E-state index is 11.3. The molecule has 0 aromatic rings. The molecule has 0 aromatic carbocycles. The van der Waals surface area contributed by atoms with Crippen molar-refractivity contribution in [2.24, 2.45) is 0 Å². The van der Waals surface area contributed by atoms with Gasteiger partial charge in [-0.25, -0.2) is 5.06 Å². The average Bonchev–Trinajstić information content (AvgIpc) is 2.15. The van der Waals surface area contributed by atoms with Gasteiger partial charge >= 0.3 is 0 Å². The third kappa shape index (κ3) is 3.42. The summed E-state index contributed by atoms with van der Waals surface area (Å²) in [5.74, 6) is -0.389. The molecular formula is C8H14N2O3. The van der Waals surface area contributed by atoms with Gasteiger partial charge in [0.25, 0.3) is 5.91 Å². The number of carbonyl (C=O) groups is 2. The van der Waals surface area contributed by atoms with Crippen molar-refractivity contribution in [3.05, 3.63) is 0 Å². The highest BCUT2D eigenvalue weighted by molar-refractivity contribution is 5.83. The Hall–Kier alpha value is -1.10. The first-order chi connectivity index (χ1) is 6.20. The summed E-state index contributed by atoms with van der Waals surface area (Å²) in [7, 11) is 0. The lowest BCUT2D eigenvalue weighted by atomic mass is 10.3. The highest BCUT2D eigenvalue weighted by Gasteiger charge is 2.17. The zero-order chi connectivity index (χ0) is 9.68. The number of hydrogen-bond acceptors (Lipinski definition) is 3. The largest absolute Gasteiger partial charge is 0.347 e. The van der Waals surface area contributed by atoms with Crippen molar-refractivity contribution in [2.45, 2.75) is 19.8 Å². The number of hydrogen-bond donors (Lipinski definition) is 1. The third-order valence-corrected chi connectivity index (χ3v) is 1.77. The molecule has 0 aliphatic carbocycles. The van der Waals surface area contributed by atoms with Gasteiger partial charge in [0.2, 0.25) is 5.91 Å². The first-order valence-corrected chi connectivity index (χ1v) is 4.38. The van der Waals surface area contributed by atoms with Crippen molar-refractivity contribution >= 4 is 11.8 Å². The van der Waals surface area contributed by atoms with Crippen LogP contribution in [0.4, 0.5) is 0 Å². The molecule has 0 saturated carbocycles. The van der Waals surface area contributed by atoms with E-state index >= 15 is 0 Å². The van der Waals surface area contributed by atoms with E-state index in [-0.39, 0.29) is 18.4 Å². The molecule has 1 aliphatic heterocycles. The highest BCUT2D eigenvalue weighted by Crippen LogP contribution is 2.05. The molecule has 1 rings (SSSR count). The van der Waals surface area contributed by atoms with Gasteiger partial charge in [0.15, 0.2) is 0 Å². The summed E-state index contributed by atoms with van der Waals surface area (Å²) in [5.41, 5.74) is 0. The number of nitrogens with one attached hydrogen (secondary N) is 1. The van der Waals surface area contributed by atoms with Crippen LogP contribution in [-0.4, -0.2) is 36.6 Å². The standard InChI is InChI=1S/C8H14N2O3/c1-7(11)9-6-8(12)10-4-2-3-5-13-10/h2-6H2,1H3,(H,9,11).